The van der Waals surface area contributed by atoms with Crippen LogP contribution in [0.4, 0.5) is 4.79 Å². The van der Waals surface area contributed by atoms with Gasteiger partial charge in [-0.25, -0.2) is 4.79 Å². The third-order valence-corrected chi connectivity index (χ3v) is 4.08. The first-order chi connectivity index (χ1) is 8.78. The Hall–Kier alpha value is -1.30. The summed E-state index contributed by atoms with van der Waals surface area (Å²) in [7, 11) is 7.52. The minimum Gasteiger partial charge on any atom is -0.481 e. The molecule has 0 spiro atoms. The van der Waals surface area contributed by atoms with Gasteiger partial charge in [0, 0.05) is 32.7 Å². The van der Waals surface area contributed by atoms with Crippen molar-refractivity contribution < 1.29 is 14.7 Å². The molecule has 0 aromatic carbocycles. The standard InChI is InChI=1S/C13H25N3O3/c1-14(2)13(7-5-8-13)10-16(4)12(19)15(3)9-6-11(17)18/h5-10H2,1-4H3,(H,17,18). The van der Waals surface area contributed by atoms with Gasteiger partial charge in [-0.2, -0.15) is 0 Å². The molecule has 0 saturated heterocycles. The van der Waals surface area contributed by atoms with Gasteiger partial charge in [0.2, 0.25) is 0 Å². The van der Waals surface area contributed by atoms with Gasteiger partial charge < -0.3 is 19.8 Å². The van der Waals surface area contributed by atoms with E-state index in [0.717, 1.165) is 12.8 Å². The second-order valence-corrected chi connectivity index (χ2v) is 5.68. The summed E-state index contributed by atoms with van der Waals surface area (Å²) in [5.74, 6) is -0.883. The highest BCUT2D eigenvalue weighted by molar-refractivity contribution is 5.75. The van der Waals surface area contributed by atoms with Gasteiger partial charge in [0.25, 0.3) is 0 Å². The molecule has 0 aromatic rings. The van der Waals surface area contributed by atoms with Crippen molar-refractivity contribution >= 4 is 12.0 Å². The van der Waals surface area contributed by atoms with Crippen molar-refractivity contribution in [1.82, 2.24) is 14.7 Å². The van der Waals surface area contributed by atoms with E-state index in [-0.39, 0.29) is 24.5 Å². The SMILES string of the molecule is CN(CCC(=O)O)C(=O)N(C)CC1(N(C)C)CCC1. The Bertz CT molecular complexity index is 340. The van der Waals surface area contributed by atoms with Gasteiger partial charge in [0.1, 0.15) is 0 Å². The number of carbonyl (C=O) groups is 2. The highest BCUT2D eigenvalue weighted by Gasteiger charge is 2.40. The summed E-state index contributed by atoms with van der Waals surface area (Å²) in [5, 5.41) is 8.63. The molecule has 1 aliphatic carbocycles. The summed E-state index contributed by atoms with van der Waals surface area (Å²) in [4.78, 5) is 28.0. The van der Waals surface area contributed by atoms with E-state index < -0.39 is 5.97 Å². The quantitative estimate of drug-likeness (QED) is 0.780. The van der Waals surface area contributed by atoms with Gasteiger partial charge in [-0.15, -0.1) is 0 Å². The normalized spacial score (nSPS) is 16.9. The number of carbonyl (C=O) groups excluding carboxylic acids is 1. The Morgan fingerprint density at radius 1 is 1.11 bits per heavy atom. The Balaban J connectivity index is 2.50. The molecule has 0 aliphatic heterocycles. The average molecular weight is 271 g/mol. The van der Waals surface area contributed by atoms with Gasteiger partial charge in [0.15, 0.2) is 0 Å². The first-order valence-corrected chi connectivity index (χ1v) is 6.64. The summed E-state index contributed by atoms with van der Waals surface area (Å²) in [6.07, 6.45) is 3.40. The number of likely N-dealkylation sites (N-methyl/N-ethyl adjacent to an activating group) is 2. The molecule has 1 saturated carbocycles. The van der Waals surface area contributed by atoms with Crippen molar-refractivity contribution in [3.05, 3.63) is 0 Å². The molecule has 110 valence electrons. The van der Waals surface area contributed by atoms with Crippen LogP contribution in [-0.4, -0.2) is 78.6 Å². The zero-order valence-electron chi connectivity index (χ0n) is 12.3. The van der Waals surface area contributed by atoms with Gasteiger partial charge >= 0.3 is 12.0 Å². The third kappa shape index (κ3) is 3.83. The molecule has 1 rings (SSSR count). The van der Waals surface area contributed by atoms with E-state index in [1.807, 2.05) is 14.1 Å². The number of nitrogens with zero attached hydrogens (tertiary/aromatic N) is 3. The Morgan fingerprint density at radius 2 is 1.68 bits per heavy atom. The summed E-state index contributed by atoms with van der Waals surface area (Å²) in [6, 6.07) is -0.116. The Morgan fingerprint density at radius 3 is 2.05 bits per heavy atom. The van der Waals surface area contributed by atoms with E-state index in [0.29, 0.717) is 6.54 Å². The molecule has 0 atom stereocenters. The van der Waals surface area contributed by atoms with Crippen LogP contribution in [0, 0.1) is 0 Å². The zero-order valence-corrected chi connectivity index (χ0v) is 12.3. The van der Waals surface area contributed by atoms with Crippen molar-refractivity contribution in [3.63, 3.8) is 0 Å². The monoisotopic (exact) mass is 271 g/mol. The number of aliphatic carboxylic acids is 1. The van der Waals surface area contributed by atoms with Crippen molar-refractivity contribution in [2.45, 2.75) is 31.2 Å². The van der Waals surface area contributed by atoms with Crippen LogP contribution in [0.2, 0.25) is 0 Å². The van der Waals surface area contributed by atoms with E-state index in [2.05, 4.69) is 4.90 Å². The molecule has 6 heteroatoms. The first-order valence-electron chi connectivity index (χ1n) is 6.64. The van der Waals surface area contributed by atoms with Crippen molar-refractivity contribution in [1.29, 1.82) is 0 Å². The second kappa shape index (κ2) is 6.23. The molecule has 0 heterocycles. The second-order valence-electron chi connectivity index (χ2n) is 5.68. The van der Waals surface area contributed by atoms with E-state index in [1.54, 1.807) is 19.0 Å². The fraction of sp³-hybridized carbons (Fsp3) is 0.846. The largest absolute Gasteiger partial charge is 0.481 e. The third-order valence-electron chi connectivity index (χ3n) is 4.08. The molecule has 1 N–H and O–H groups in total. The van der Waals surface area contributed by atoms with Crippen molar-refractivity contribution in [2.75, 3.05) is 41.3 Å². The number of carboxylic acids is 1. The number of amides is 2. The highest BCUT2D eigenvalue weighted by Crippen LogP contribution is 2.36. The molecule has 0 aromatic heterocycles. The zero-order chi connectivity index (χ0) is 14.6. The molecule has 0 bridgehead atoms. The lowest BCUT2D eigenvalue weighted by Crippen LogP contribution is -2.58. The van der Waals surface area contributed by atoms with Gasteiger partial charge in [-0.3, -0.25) is 4.79 Å². The molecule has 2 amide bonds. The van der Waals surface area contributed by atoms with Crippen LogP contribution in [0.3, 0.4) is 0 Å². The van der Waals surface area contributed by atoms with E-state index in [4.69, 9.17) is 5.11 Å². The maximum absolute atomic E-state index is 12.1. The molecule has 19 heavy (non-hydrogen) atoms. The van der Waals surface area contributed by atoms with E-state index in [9.17, 15) is 9.59 Å². The summed E-state index contributed by atoms with van der Waals surface area (Å²) in [5.41, 5.74) is 0.0953. The van der Waals surface area contributed by atoms with Gasteiger partial charge in [0.05, 0.1) is 6.42 Å². The smallest absolute Gasteiger partial charge is 0.319 e. The van der Waals surface area contributed by atoms with Crippen LogP contribution >= 0.6 is 0 Å². The molecule has 1 aliphatic rings. The predicted octanol–water partition coefficient (Wildman–Crippen LogP) is 0.929. The maximum Gasteiger partial charge on any atom is 0.319 e. The molecule has 1 fully saturated rings. The van der Waals surface area contributed by atoms with E-state index in [1.165, 1.54) is 11.3 Å². The van der Waals surface area contributed by atoms with Crippen LogP contribution in [0.15, 0.2) is 0 Å². The molecule has 0 radical (unpaired) electrons. The number of urea groups is 1. The lowest BCUT2D eigenvalue weighted by atomic mass is 9.75. The van der Waals surface area contributed by atoms with Crippen LogP contribution in [0.25, 0.3) is 0 Å². The maximum atomic E-state index is 12.1. The number of carboxylic acid groups (broad SMARTS) is 1. The molecular formula is C13H25N3O3. The highest BCUT2D eigenvalue weighted by atomic mass is 16.4. The lowest BCUT2D eigenvalue weighted by molar-refractivity contribution is -0.137. The summed E-state index contributed by atoms with van der Waals surface area (Å²) < 4.78 is 0. The van der Waals surface area contributed by atoms with Crippen molar-refractivity contribution in [3.8, 4) is 0 Å². The number of hydrogen-bond donors (Lipinski definition) is 1. The summed E-state index contributed by atoms with van der Waals surface area (Å²) in [6.45, 7) is 0.934. The number of hydrogen-bond acceptors (Lipinski definition) is 3. The minimum absolute atomic E-state index is 0.0189. The molecule has 6 nitrogen and oxygen atoms in total. The van der Waals surface area contributed by atoms with E-state index >= 15 is 0 Å². The Labute approximate surface area is 115 Å². The lowest BCUT2D eigenvalue weighted by Gasteiger charge is -2.49. The fourth-order valence-corrected chi connectivity index (χ4v) is 2.49. The molecular weight excluding hydrogens is 246 g/mol. The topological polar surface area (TPSA) is 64.1 Å². The average Bonchev–Trinajstić information content (AvgIpc) is 2.28. The minimum atomic E-state index is -0.883. The van der Waals surface area contributed by atoms with Crippen LogP contribution in [0.5, 0.6) is 0 Å². The summed E-state index contributed by atoms with van der Waals surface area (Å²) >= 11 is 0. The first kappa shape index (κ1) is 15.8. The fourth-order valence-electron chi connectivity index (χ4n) is 2.49. The number of rotatable bonds is 6. The Kier molecular flexibility index (Phi) is 5.17. The van der Waals surface area contributed by atoms with Crippen molar-refractivity contribution in [2.24, 2.45) is 0 Å². The van der Waals surface area contributed by atoms with Gasteiger partial charge in [-0.1, -0.05) is 0 Å². The van der Waals surface area contributed by atoms with Crippen LogP contribution in [-0.2, 0) is 4.79 Å². The molecule has 0 unspecified atom stereocenters. The van der Waals surface area contributed by atoms with Crippen LogP contribution in [0.1, 0.15) is 25.7 Å². The predicted molar refractivity (Wildman–Crippen MR) is 73.2 cm³/mol. The van der Waals surface area contributed by atoms with Crippen LogP contribution < -0.4 is 0 Å². The van der Waals surface area contributed by atoms with Gasteiger partial charge in [-0.05, 0) is 33.4 Å².